The Kier molecular flexibility index (Phi) is 2.90. The van der Waals surface area contributed by atoms with E-state index in [-0.39, 0.29) is 0 Å². The van der Waals surface area contributed by atoms with Gasteiger partial charge < -0.3 is 10.3 Å². The number of hydrogen-bond donors (Lipinski definition) is 1. The third kappa shape index (κ3) is 1.99. The maximum atomic E-state index is 5.74. The first-order chi connectivity index (χ1) is 6.19. The van der Waals surface area contributed by atoms with E-state index < -0.39 is 0 Å². The van der Waals surface area contributed by atoms with Crippen LogP contribution in [0.15, 0.2) is 30.5 Å². The lowest BCUT2D eigenvalue weighted by Gasteiger charge is -2.07. The fourth-order valence-corrected chi connectivity index (χ4v) is 1.15. The SMILES string of the molecule is C=C/C(=C\C)Cn1c(N)cnc1C. The highest BCUT2D eigenvalue weighted by Gasteiger charge is 2.02. The smallest absolute Gasteiger partial charge is 0.123 e. The number of hydrogen-bond acceptors (Lipinski definition) is 2. The summed E-state index contributed by atoms with van der Waals surface area (Å²) in [6.45, 7) is 8.40. The zero-order valence-electron chi connectivity index (χ0n) is 8.12. The van der Waals surface area contributed by atoms with Crippen LogP contribution < -0.4 is 5.73 Å². The van der Waals surface area contributed by atoms with Gasteiger partial charge in [-0.05, 0) is 19.4 Å². The van der Waals surface area contributed by atoms with Crippen molar-refractivity contribution in [2.24, 2.45) is 0 Å². The van der Waals surface area contributed by atoms with E-state index in [2.05, 4.69) is 11.6 Å². The maximum Gasteiger partial charge on any atom is 0.123 e. The lowest BCUT2D eigenvalue weighted by molar-refractivity contribution is 0.770. The number of nitrogens with two attached hydrogens (primary N) is 1. The quantitative estimate of drug-likeness (QED) is 0.717. The summed E-state index contributed by atoms with van der Waals surface area (Å²) >= 11 is 0. The first-order valence-corrected chi connectivity index (χ1v) is 4.24. The van der Waals surface area contributed by atoms with E-state index in [0.717, 1.165) is 17.9 Å². The predicted molar refractivity (Wildman–Crippen MR) is 55.3 cm³/mol. The second kappa shape index (κ2) is 3.94. The fraction of sp³-hybridized carbons (Fsp3) is 0.300. The second-order valence-corrected chi connectivity index (χ2v) is 2.88. The van der Waals surface area contributed by atoms with Crippen molar-refractivity contribution in [1.29, 1.82) is 0 Å². The Morgan fingerprint density at radius 3 is 2.85 bits per heavy atom. The Labute approximate surface area is 78.6 Å². The zero-order valence-corrected chi connectivity index (χ0v) is 8.12. The summed E-state index contributed by atoms with van der Waals surface area (Å²) in [5, 5.41) is 0. The van der Waals surface area contributed by atoms with E-state index in [1.807, 2.05) is 30.6 Å². The Bertz CT molecular complexity index is 314. The van der Waals surface area contributed by atoms with E-state index in [0.29, 0.717) is 5.82 Å². The fourth-order valence-electron chi connectivity index (χ4n) is 1.15. The molecule has 0 aliphatic carbocycles. The van der Waals surface area contributed by atoms with Gasteiger partial charge in [-0.1, -0.05) is 18.7 Å². The number of aromatic nitrogens is 2. The van der Waals surface area contributed by atoms with Crippen molar-refractivity contribution in [3.63, 3.8) is 0 Å². The molecule has 0 spiro atoms. The van der Waals surface area contributed by atoms with Gasteiger partial charge in [-0.2, -0.15) is 0 Å². The second-order valence-electron chi connectivity index (χ2n) is 2.88. The number of allylic oxidation sites excluding steroid dienone is 3. The molecular weight excluding hydrogens is 162 g/mol. The van der Waals surface area contributed by atoms with Crippen molar-refractivity contribution >= 4 is 5.82 Å². The number of nitrogen functional groups attached to an aromatic ring is 1. The Hall–Kier alpha value is -1.51. The molecule has 3 nitrogen and oxygen atoms in total. The molecule has 13 heavy (non-hydrogen) atoms. The number of anilines is 1. The summed E-state index contributed by atoms with van der Waals surface area (Å²) in [7, 11) is 0. The van der Waals surface area contributed by atoms with Crippen LogP contribution in [0.1, 0.15) is 12.7 Å². The number of nitrogens with zero attached hydrogens (tertiary/aromatic N) is 2. The lowest BCUT2D eigenvalue weighted by atomic mass is 10.2. The molecular formula is C10H15N3. The molecule has 1 heterocycles. The molecule has 0 unspecified atom stereocenters. The molecule has 0 saturated heterocycles. The molecule has 0 amide bonds. The first-order valence-electron chi connectivity index (χ1n) is 4.24. The van der Waals surface area contributed by atoms with E-state index in [9.17, 15) is 0 Å². The third-order valence-electron chi connectivity index (χ3n) is 2.06. The summed E-state index contributed by atoms with van der Waals surface area (Å²) in [5.41, 5.74) is 6.88. The van der Waals surface area contributed by atoms with Gasteiger partial charge in [0.05, 0.1) is 12.7 Å². The average molecular weight is 177 g/mol. The molecule has 3 heteroatoms. The molecule has 0 saturated carbocycles. The average Bonchev–Trinajstić information content (AvgIpc) is 2.44. The molecule has 1 rings (SSSR count). The predicted octanol–water partition coefficient (Wildman–Crippen LogP) is 1.91. The van der Waals surface area contributed by atoms with Gasteiger partial charge in [0.25, 0.3) is 0 Å². The first kappa shape index (κ1) is 9.58. The molecule has 2 N–H and O–H groups in total. The standard InChI is InChI=1S/C10H15N3/c1-4-9(5-2)7-13-8(3)12-6-10(13)11/h4-6H,1,7,11H2,2-3H3/b9-5+. The highest BCUT2D eigenvalue weighted by molar-refractivity contribution is 5.30. The monoisotopic (exact) mass is 177 g/mol. The van der Waals surface area contributed by atoms with Gasteiger partial charge >= 0.3 is 0 Å². The summed E-state index contributed by atoms with van der Waals surface area (Å²) in [6, 6.07) is 0. The van der Waals surface area contributed by atoms with Gasteiger partial charge in [-0.15, -0.1) is 0 Å². The van der Waals surface area contributed by atoms with E-state index in [4.69, 9.17) is 5.73 Å². The molecule has 0 aliphatic rings. The molecule has 0 atom stereocenters. The largest absolute Gasteiger partial charge is 0.384 e. The Morgan fingerprint density at radius 1 is 1.77 bits per heavy atom. The van der Waals surface area contributed by atoms with Gasteiger partial charge in [0.2, 0.25) is 0 Å². The summed E-state index contributed by atoms with van der Waals surface area (Å²) in [5.74, 6) is 1.62. The van der Waals surface area contributed by atoms with Crippen LogP contribution in [0.4, 0.5) is 5.82 Å². The lowest BCUT2D eigenvalue weighted by Crippen LogP contribution is -2.05. The maximum absolute atomic E-state index is 5.74. The number of aryl methyl sites for hydroxylation is 1. The van der Waals surface area contributed by atoms with Crippen molar-refractivity contribution in [1.82, 2.24) is 9.55 Å². The van der Waals surface area contributed by atoms with Crippen LogP contribution in [0.25, 0.3) is 0 Å². The molecule has 0 bridgehead atoms. The van der Waals surface area contributed by atoms with E-state index in [1.165, 1.54) is 0 Å². The zero-order chi connectivity index (χ0) is 9.84. The minimum Gasteiger partial charge on any atom is -0.384 e. The molecule has 70 valence electrons. The molecule has 0 aromatic carbocycles. The van der Waals surface area contributed by atoms with Crippen LogP contribution in [0.2, 0.25) is 0 Å². The summed E-state index contributed by atoms with van der Waals surface area (Å²) in [6.07, 6.45) is 5.52. The van der Waals surface area contributed by atoms with Gasteiger partial charge in [0.15, 0.2) is 0 Å². The van der Waals surface area contributed by atoms with Crippen molar-refractivity contribution in [2.45, 2.75) is 20.4 Å². The van der Waals surface area contributed by atoms with Crippen molar-refractivity contribution in [3.05, 3.63) is 36.3 Å². The minimum absolute atomic E-state index is 0.693. The van der Waals surface area contributed by atoms with Crippen LogP contribution in [-0.4, -0.2) is 9.55 Å². The van der Waals surface area contributed by atoms with Crippen molar-refractivity contribution in [3.8, 4) is 0 Å². The van der Waals surface area contributed by atoms with Crippen LogP contribution >= 0.6 is 0 Å². The summed E-state index contributed by atoms with van der Waals surface area (Å²) in [4.78, 5) is 4.11. The third-order valence-corrected chi connectivity index (χ3v) is 2.06. The number of rotatable bonds is 3. The van der Waals surface area contributed by atoms with Gasteiger partial charge in [-0.3, -0.25) is 0 Å². The van der Waals surface area contributed by atoms with Crippen molar-refractivity contribution < 1.29 is 0 Å². The number of imidazole rings is 1. The van der Waals surface area contributed by atoms with Crippen LogP contribution in [0.5, 0.6) is 0 Å². The molecule has 0 fully saturated rings. The van der Waals surface area contributed by atoms with Crippen molar-refractivity contribution in [2.75, 3.05) is 5.73 Å². The topological polar surface area (TPSA) is 43.8 Å². The van der Waals surface area contributed by atoms with E-state index >= 15 is 0 Å². The van der Waals surface area contributed by atoms with Gasteiger partial charge in [-0.25, -0.2) is 4.98 Å². The minimum atomic E-state index is 0.693. The molecule has 0 aliphatic heterocycles. The highest BCUT2D eigenvalue weighted by Crippen LogP contribution is 2.10. The summed E-state index contributed by atoms with van der Waals surface area (Å²) < 4.78 is 1.96. The normalized spacial score (nSPS) is 11.7. The molecule has 1 aromatic heterocycles. The Balaban J connectivity index is 2.90. The van der Waals surface area contributed by atoms with Crippen LogP contribution in [0.3, 0.4) is 0 Å². The molecule has 0 radical (unpaired) electrons. The van der Waals surface area contributed by atoms with Gasteiger partial charge in [0.1, 0.15) is 11.6 Å². The highest BCUT2D eigenvalue weighted by atomic mass is 15.1. The van der Waals surface area contributed by atoms with Gasteiger partial charge in [0, 0.05) is 0 Å². The van der Waals surface area contributed by atoms with Crippen LogP contribution in [-0.2, 0) is 6.54 Å². The Morgan fingerprint density at radius 2 is 2.46 bits per heavy atom. The van der Waals surface area contributed by atoms with Crippen LogP contribution in [0, 0.1) is 6.92 Å². The van der Waals surface area contributed by atoms with E-state index in [1.54, 1.807) is 6.20 Å². The molecule has 1 aromatic rings.